The summed E-state index contributed by atoms with van der Waals surface area (Å²) in [5, 5.41) is 0.182. The number of anilines is 1. The van der Waals surface area contributed by atoms with Gasteiger partial charge in [0.25, 0.3) is 10.0 Å². The lowest BCUT2D eigenvalue weighted by molar-refractivity contribution is 0.0601. The van der Waals surface area contributed by atoms with Crippen LogP contribution in [0.15, 0.2) is 38.3 Å². The molecule has 0 radical (unpaired) electrons. The smallest absolute Gasteiger partial charge is 0.337 e. The van der Waals surface area contributed by atoms with E-state index in [-0.39, 0.29) is 20.5 Å². The number of methoxy groups -OCH3 is 1. The standard InChI is InChI=1S/C12H9BrClNO4S2/c1-19-12(16)7-2-3-8(14)9(6-7)15-21(17,18)11-5-4-10(13)20-11/h2-6,15H,1H3. The van der Waals surface area contributed by atoms with Crippen LogP contribution in [0.2, 0.25) is 5.02 Å². The summed E-state index contributed by atoms with van der Waals surface area (Å²) in [5.41, 5.74) is 0.316. The van der Waals surface area contributed by atoms with Gasteiger partial charge in [0.05, 0.1) is 27.2 Å². The van der Waals surface area contributed by atoms with Crippen molar-refractivity contribution in [2.75, 3.05) is 11.8 Å². The van der Waals surface area contributed by atoms with E-state index in [1.807, 2.05) is 0 Å². The predicted octanol–water partition coefficient (Wildman–Crippen LogP) is 3.75. The molecule has 2 rings (SSSR count). The summed E-state index contributed by atoms with van der Waals surface area (Å²) in [5.74, 6) is -0.578. The third-order valence-corrected chi connectivity index (χ3v) is 6.26. The Morgan fingerprint density at radius 2 is 2.05 bits per heavy atom. The zero-order valence-electron chi connectivity index (χ0n) is 10.6. The Labute approximate surface area is 139 Å². The van der Waals surface area contributed by atoms with Crippen molar-refractivity contribution >= 4 is 60.5 Å². The number of nitrogens with one attached hydrogen (secondary N) is 1. The maximum Gasteiger partial charge on any atom is 0.337 e. The number of carbonyl (C=O) groups excluding carboxylic acids is 1. The second-order valence-corrected chi connectivity index (χ2v) is 8.63. The first-order valence-electron chi connectivity index (χ1n) is 5.49. The zero-order valence-corrected chi connectivity index (χ0v) is 14.6. The second-order valence-electron chi connectivity index (χ2n) is 3.85. The number of carbonyl (C=O) groups is 1. The molecule has 0 aliphatic heterocycles. The molecule has 2 aromatic rings. The molecule has 0 aliphatic carbocycles. The molecular formula is C12H9BrClNO4S2. The van der Waals surface area contributed by atoms with Crippen molar-refractivity contribution in [1.29, 1.82) is 0 Å². The van der Waals surface area contributed by atoms with Crippen LogP contribution in [0.3, 0.4) is 0 Å². The monoisotopic (exact) mass is 409 g/mol. The number of thiophene rings is 1. The van der Waals surface area contributed by atoms with Crippen LogP contribution in [0.1, 0.15) is 10.4 Å². The van der Waals surface area contributed by atoms with E-state index in [4.69, 9.17) is 11.6 Å². The van der Waals surface area contributed by atoms with Crippen molar-refractivity contribution in [2.24, 2.45) is 0 Å². The highest BCUT2D eigenvalue weighted by atomic mass is 79.9. The Bertz CT molecular complexity index is 788. The molecule has 0 aliphatic rings. The molecule has 9 heteroatoms. The summed E-state index contributed by atoms with van der Waals surface area (Å²) in [4.78, 5) is 11.5. The summed E-state index contributed by atoms with van der Waals surface area (Å²) >= 11 is 10.2. The molecule has 1 N–H and O–H groups in total. The third-order valence-electron chi connectivity index (χ3n) is 2.45. The molecule has 0 saturated carbocycles. The van der Waals surface area contributed by atoms with E-state index in [2.05, 4.69) is 25.4 Å². The number of sulfonamides is 1. The summed E-state index contributed by atoms with van der Waals surface area (Å²) < 4.78 is 32.2. The first-order chi connectivity index (χ1) is 9.83. The van der Waals surface area contributed by atoms with Gasteiger partial charge in [0.2, 0.25) is 0 Å². The maximum atomic E-state index is 12.2. The fraction of sp³-hybridized carbons (Fsp3) is 0.0833. The number of halogens is 2. The van der Waals surface area contributed by atoms with Crippen LogP contribution in [0.25, 0.3) is 0 Å². The molecule has 0 unspecified atom stereocenters. The largest absolute Gasteiger partial charge is 0.465 e. The van der Waals surface area contributed by atoms with Crippen LogP contribution in [0.5, 0.6) is 0 Å². The van der Waals surface area contributed by atoms with Crippen molar-refractivity contribution in [3.05, 3.63) is 44.7 Å². The van der Waals surface area contributed by atoms with E-state index < -0.39 is 16.0 Å². The summed E-state index contributed by atoms with van der Waals surface area (Å²) in [7, 11) is -2.52. The number of rotatable bonds is 4. The highest BCUT2D eigenvalue weighted by Gasteiger charge is 2.19. The van der Waals surface area contributed by atoms with E-state index in [1.54, 1.807) is 6.07 Å². The first kappa shape index (κ1) is 16.3. The minimum atomic E-state index is -3.76. The molecule has 0 spiro atoms. The quantitative estimate of drug-likeness (QED) is 0.779. The minimum absolute atomic E-state index is 0.115. The van der Waals surface area contributed by atoms with Crippen LogP contribution in [-0.2, 0) is 14.8 Å². The van der Waals surface area contributed by atoms with Gasteiger partial charge in [0, 0.05) is 0 Å². The maximum absolute atomic E-state index is 12.2. The average molecular weight is 411 g/mol. The van der Waals surface area contributed by atoms with Gasteiger partial charge in [-0.15, -0.1) is 11.3 Å². The molecule has 1 aromatic heterocycles. The minimum Gasteiger partial charge on any atom is -0.465 e. The lowest BCUT2D eigenvalue weighted by Crippen LogP contribution is -2.12. The molecule has 21 heavy (non-hydrogen) atoms. The molecule has 1 aromatic carbocycles. The normalized spacial score (nSPS) is 11.2. The van der Waals surface area contributed by atoms with Crippen molar-refractivity contribution in [2.45, 2.75) is 4.21 Å². The molecule has 0 fully saturated rings. The summed E-state index contributed by atoms with van der Waals surface area (Å²) in [6.45, 7) is 0. The van der Waals surface area contributed by atoms with Crippen LogP contribution < -0.4 is 4.72 Å². The van der Waals surface area contributed by atoms with E-state index in [1.165, 1.54) is 31.4 Å². The van der Waals surface area contributed by atoms with Crippen molar-refractivity contribution in [3.8, 4) is 0 Å². The molecule has 0 atom stereocenters. The van der Waals surface area contributed by atoms with Gasteiger partial charge in [-0.1, -0.05) is 11.6 Å². The van der Waals surface area contributed by atoms with E-state index in [0.717, 1.165) is 11.3 Å². The van der Waals surface area contributed by atoms with Gasteiger partial charge >= 0.3 is 5.97 Å². The van der Waals surface area contributed by atoms with E-state index in [9.17, 15) is 13.2 Å². The topological polar surface area (TPSA) is 72.5 Å². The van der Waals surface area contributed by atoms with Gasteiger partial charge in [0.1, 0.15) is 4.21 Å². The number of hydrogen-bond acceptors (Lipinski definition) is 5. The lowest BCUT2D eigenvalue weighted by Gasteiger charge is -2.09. The molecule has 112 valence electrons. The SMILES string of the molecule is COC(=O)c1ccc(Cl)c(NS(=O)(=O)c2ccc(Br)s2)c1. The van der Waals surface area contributed by atoms with Gasteiger partial charge < -0.3 is 4.74 Å². The molecule has 5 nitrogen and oxygen atoms in total. The zero-order chi connectivity index (χ0) is 15.6. The summed E-state index contributed by atoms with van der Waals surface area (Å²) in [6, 6.07) is 7.30. The van der Waals surface area contributed by atoms with Gasteiger partial charge in [-0.2, -0.15) is 0 Å². The number of hydrogen-bond donors (Lipinski definition) is 1. The van der Waals surface area contributed by atoms with Crippen LogP contribution >= 0.6 is 38.9 Å². The summed E-state index contributed by atoms with van der Waals surface area (Å²) in [6.07, 6.45) is 0. The van der Waals surface area contributed by atoms with Crippen LogP contribution in [0, 0.1) is 0 Å². The highest BCUT2D eigenvalue weighted by Crippen LogP contribution is 2.30. The number of esters is 1. The Kier molecular flexibility index (Phi) is 4.92. The predicted molar refractivity (Wildman–Crippen MR) is 85.6 cm³/mol. The van der Waals surface area contributed by atoms with Gasteiger partial charge in [0.15, 0.2) is 0 Å². The Morgan fingerprint density at radius 1 is 1.33 bits per heavy atom. The van der Waals surface area contributed by atoms with Gasteiger partial charge in [-0.25, -0.2) is 13.2 Å². The Hall–Kier alpha value is -1.09. The molecular weight excluding hydrogens is 402 g/mol. The molecule has 1 heterocycles. The van der Waals surface area contributed by atoms with Crippen molar-refractivity contribution < 1.29 is 17.9 Å². The average Bonchev–Trinajstić information content (AvgIpc) is 2.87. The number of ether oxygens (including phenoxy) is 1. The Morgan fingerprint density at radius 3 is 2.62 bits per heavy atom. The molecule has 0 amide bonds. The van der Waals surface area contributed by atoms with Crippen molar-refractivity contribution in [3.63, 3.8) is 0 Å². The van der Waals surface area contributed by atoms with Crippen LogP contribution in [0.4, 0.5) is 5.69 Å². The fourth-order valence-electron chi connectivity index (χ4n) is 1.49. The lowest BCUT2D eigenvalue weighted by atomic mass is 10.2. The molecule has 0 saturated heterocycles. The number of benzene rings is 1. The van der Waals surface area contributed by atoms with Gasteiger partial charge in [-0.3, -0.25) is 4.72 Å². The van der Waals surface area contributed by atoms with Crippen LogP contribution in [-0.4, -0.2) is 21.5 Å². The van der Waals surface area contributed by atoms with E-state index >= 15 is 0 Å². The van der Waals surface area contributed by atoms with Crippen molar-refractivity contribution in [1.82, 2.24) is 0 Å². The highest BCUT2D eigenvalue weighted by molar-refractivity contribution is 9.11. The fourth-order valence-corrected chi connectivity index (χ4v) is 4.79. The first-order valence-corrected chi connectivity index (χ1v) is 8.96. The Balaban J connectivity index is 2.37. The molecule has 0 bridgehead atoms. The van der Waals surface area contributed by atoms with Gasteiger partial charge in [-0.05, 0) is 46.3 Å². The van der Waals surface area contributed by atoms with E-state index in [0.29, 0.717) is 3.79 Å². The second kappa shape index (κ2) is 6.35. The third kappa shape index (κ3) is 3.76.